The molecule has 0 unspecified atom stereocenters. The number of aliphatic hydroxyl groups is 1. The smallest absolute Gasteiger partial charge is 0.127 e. The van der Waals surface area contributed by atoms with Crippen LogP contribution in [0, 0.1) is 20.8 Å². The van der Waals surface area contributed by atoms with Crippen LogP contribution in [-0.2, 0) is 0 Å². The second-order valence-corrected chi connectivity index (χ2v) is 5.75. The fourth-order valence-electron chi connectivity index (χ4n) is 2.02. The van der Waals surface area contributed by atoms with Crippen LogP contribution in [0.25, 0.3) is 0 Å². The molecule has 0 fully saturated rings. The van der Waals surface area contributed by atoms with Gasteiger partial charge in [-0.15, -0.1) is 0 Å². The molecular weight excluding hydrogens is 372 g/mol. The van der Waals surface area contributed by atoms with Crippen molar-refractivity contribution in [1.82, 2.24) is 0 Å². The number of aryl methyl sites for hydroxylation is 3. The van der Waals surface area contributed by atoms with Gasteiger partial charge < -0.3 is 14.6 Å². The minimum atomic E-state index is 0.810. The molecule has 0 spiro atoms. The van der Waals surface area contributed by atoms with Crippen LogP contribution >= 0.6 is 0 Å². The highest BCUT2D eigenvalue weighted by molar-refractivity contribution is 5.36. The van der Waals surface area contributed by atoms with Crippen molar-refractivity contribution in [3.8, 4) is 17.2 Å². The van der Waals surface area contributed by atoms with Crippen LogP contribution in [0.2, 0.25) is 0 Å². The number of benzene rings is 3. The molecule has 0 saturated heterocycles. The Labute approximate surface area is 184 Å². The molecule has 30 heavy (non-hydrogen) atoms. The van der Waals surface area contributed by atoms with E-state index in [4.69, 9.17) is 14.6 Å². The molecule has 3 heteroatoms. The molecule has 0 aliphatic rings. The molecule has 0 bridgehead atoms. The lowest BCUT2D eigenvalue weighted by atomic mass is 10.2. The van der Waals surface area contributed by atoms with Crippen LogP contribution in [0.1, 0.15) is 44.4 Å². The Morgan fingerprint density at radius 2 is 0.700 bits per heavy atom. The van der Waals surface area contributed by atoms with Crippen molar-refractivity contribution in [2.75, 3.05) is 14.2 Å². The van der Waals surface area contributed by atoms with Crippen molar-refractivity contribution in [2.45, 2.75) is 48.5 Å². The third kappa shape index (κ3) is 13.4. The third-order valence-corrected chi connectivity index (χ3v) is 3.53. The van der Waals surface area contributed by atoms with Crippen LogP contribution in [0.5, 0.6) is 17.2 Å². The van der Waals surface area contributed by atoms with E-state index in [-0.39, 0.29) is 0 Å². The summed E-state index contributed by atoms with van der Waals surface area (Å²) < 4.78 is 10.8. The number of rotatable bonds is 3. The molecule has 0 radical (unpaired) electrons. The lowest BCUT2D eigenvalue weighted by Gasteiger charge is -2.06. The first kappa shape index (κ1) is 29.4. The van der Waals surface area contributed by atoms with Gasteiger partial charge in [0.05, 0.1) is 7.11 Å². The van der Waals surface area contributed by atoms with Crippen molar-refractivity contribution in [3.63, 3.8) is 0 Å². The van der Waals surface area contributed by atoms with Gasteiger partial charge in [0.1, 0.15) is 17.2 Å². The Morgan fingerprint density at radius 1 is 0.467 bits per heavy atom. The molecule has 0 saturated carbocycles. The third-order valence-electron chi connectivity index (χ3n) is 3.53. The molecular formula is C27H40O3. The molecule has 3 aromatic rings. The summed E-state index contributed by atoms with van der Waals surface area (Å²) >= 11 is 0. The number of aliphatic hydroxyl groups excluding tert-OH is 1. The van der Waals surface area contributed by atoms with Crippen molar-refractivity contribution in [2.24, 2.45) is 0 Å². The maximum atomic E-state index is 7.00. The molecule has 0 amide bonds. The van der Waals surface area contributed by atoms with Gasteiger partial charge in [0.15, 0.2) is 0 Å². The minimum Gasteiger partial charge on any atom is -0.497 e. The average Bonchev–Trinajstić information content (AvgIpc) is 2.82. The zero-order chi connectivity index (χ0) is 23.4. The van der Waals surface area contributed by atoms with Crippen molar-refractivity contribution in [3.05, 3.63) is 89.5 Å². The maximum Gasteiger partial charge on any atom is 0.127 e. The van der Waals surface area contributed by atoms with Gasteiger partial charge in [-0.25, -0.2) is 0 Å². The second kappa shape index (κ2) is 19.5. The molecule has 0 atom stereocenters. The van der Waals surface area contributed by atoms with Crippen LogP contribution in [-0.4, -0.2) is 19.3 Å². The highest BCUT2D eigenvalue weighted by Crippen LogP contribution is 2.23. The summed E-state index contributed by atoms with van der Waals surface area (Å²) in [4.78, 5) is 0. The second-order valence-electron chi connectivity index (χ2n) is 5.75. The Balaban J connectivity index is 0. The first-order valence-electron chi connectivity index (χ1n) is 10.4. The van der Waals surface area contributed by atoms with Gasteiger partial charge in [-0.05, 0) is 57.2 Å². The van der Waals surface area contributed by atoms with Gasteiger partial charge in [-0.1, -0.05) is 80.8 Å². The Hall–Kier alpha value is -2.78. The maximum absolute atomic E-state index is 7.00. The fourth-order valence-corrected chi connectivity index (χ4v) is 2.02. The SMILES string of the molecule is CC.CC.CO.COc1ccc(Oc2ccc(C)cc2)cc1.Cc1ccc(C)cc1. The average molecular weight is 413 g/mol. The zero-order valence-corrected chi connectivity index (χ0v) is 20.2. The lowest BCUT2D eigenvalue weighted by Crippen LogP contribution is -1.85. The van der Waals surface area contributed by atoms with E-state index >= 15 is 0 Å². The highest BCUT2D eigenvalue weighted by Gasteiger charge is 1.97. The van der Waals surface area contributed by atoms with Crippen LogP contribution in [0.4, 0.5) is 0 Å². The summed E-state index contributed by atoms with van der Waals surface area (Å²) in [6, 6.07) is 24.0. The number of methoxy groups -OCH3 is 1. The monoisotopic (exact) mass is 412 g/mol. The highest BCUT2D eigenvalue weighted by atomic mass is 16.5. The van der Waals surface area contributed by atoms with Crippen molar-refractivity contribution >= 4 is 0 Å². The fraction of sp³-hybridized carbons (Fsp3) is 0.333. The summed E-state index contributed by atoms with van der Waals surface area (Å²) in [5, 5.41) is 7.00. The van der Waals surface area contributed by atoms with Gasteiger partial charge in [-0.3, -0.25) is 0 Å². The summed E-state index contributed by atoms with van der Waals surface area (Å²) in [5.74, 6) is 2.48. The normalized spacial score (nSPS) is 8.33. The predicted molar refractivity (Wildman–Crippen MR) is 131 cm³/mol. The Bertz CT molecular complexity index is 710. The molecule has 166 valence electrons. The van der Waals surface area contributed by atoms with E-state index in [0.717, 1.165) is 24.4 Å². The molecule has 0 aromatic heterocycles. The topological polar surface area (TPSA) is 38.7 Å². The molecule has 3 nitrogen and oxygen atoms in total. The van der Waals surface area contributed by atoms with E-state index in [0.29, 0.717) is 0 Å². The summed E-state index contributed by atoms with van der Waals surface area (Å²) in [6.07, 6.45) is 0. The molecule has 3 aromatic carbocycles. The van der Waals surface area contributed by atoms with E-state index in [9.17, 15) is 0 Å². The molecule has 3 rings (SSSR count). The first-order chi connectivity index (χ1) is 14.6. The molecule has 0 heterocycles. The molecule has 0 aliphatic carbocycles. The van der Waals surface area contributed by atoms with Crippen LogP contribution in [0.3, 0.4) is 0 Å². The predicted octanol–water partition coefficient (Wildman–Crippen LogP) is 7.76. The summed E-state index contributed by atoms with van der Waals surface area (Å²) in [7, 11) is 2.65. The number of hydrogen-bond acceptors (Lipinski definition) is 3. The van der Waals surface area contributed by atoms with Crippen molar-refractivity contribution in [1.29, 1.82) is 0 Å². The van der Waals surface area contributed by atoms with Gasteiger partial charge >= 0.3 is 0 Å². The van der Waals surface area contributed by atoms with Crippen LogP contribution in [0.15, 0.2) is 72.8 Å². The van der Waals surface area contributed by atoms with E-state index < -0.39 is 0 Å². The summed E-state index contributed by atoms with van der Waals surface area (Å²) in [6.45, 7) is 14.2. The Kier molecular flexibility index (Phi) is 19.2. The van der Waals surface area contributed by atoms with Gasteiger partial charge in [0.2, 0.25) is 0 Å². The van der Waals surface area contributed by atoms with Gasteiger partial charge in [0.25, 0.3) is 0 Å². The van der Waals surface area contributed by atoms with Gasteiger partial charge in [0, 0.05) is 7.11 Å². The molecule has 1 N–H and O–H groups in total. The van der Waals surface area contributed by atoms with E-state index in [1.807, 2.05) is 76.2 Å². The zero-order valence-electron chi connectivity index (χ0n) is 20.2. The minimum absolute atomic E-state index is 0.810. The van der Waals surface area contributed by atoms with E-state index in [1.54, 1.807) is 7.11 Å². The molecule has 0 aliphatic heterocycles. The van der Waals surface area contributed by atoms with E-state index in [1.165, 1.54) is 16.7 Å². The largest absolute Gasteiger partial charge is 0.497 e. The lowest BCUT2D eigenvalue weighted by molar-refractivity contribution is 0.399. The van der Waals surface area contributed by atoms with Crippen LogP contribution < -0.4 is 9.47 Å². The number of hydrogen-bond donors (Lipinski definition) is 1. The standard InChI is InChI=1S/C14H14O2.C8H10.2C2H6.CH4O/c1-11-3-5-13(6-4-11)16-14-9-7-12(15-2)8-10-14;1-7-3-5-8(2)6-4-7;3*1-2/h3-10H,1-2H3;3-6H,1-2H3;2*1-2H3;2H,1H3. The first-order valence-corrected chi connectivity index (χ1v) is 10.4. The number of ether oxygens (including phenoxy) is 2. The van der Waals surface area contributed by atoms with Crippen molar-refractivity contribution < 1.29 is 14.6 Å². The summed E-state index contributed by atoms with van der Waals surface area (Å²) in [5.41, 5.74) is 3.88. The van der Waals surface area contributed by atoms with E-state index in [2.05, 4.69) is 45.0 Å². The quantitative estimate of drug-likeness (QED) is 0.478. The Morgan fingerprint density at radius 3 is 1.00 bits per heavy atom. The van der Waals surface area contributed by atoms with Gasteiger partial charge in [-0.2, -0.15) is 0 Å².